The molecule has 0 unspecified atom stereocenters. The zero-order chi connectivity index (χ0) is 15.3. The molecular formula is C14H22N2O4. The normalized spacial score (nSPS) is 10.9. The molecule has 6 heteroatoms. The van der Waals surface area contributed by atoms with Crippen molar-refractivity contribution in [2.24, 2.45) is 5.73 Å². The van der Waals surface area contributed by atoms with Crippen molar-refractivity contribution in [3.05, 3.63) is 17.7 Å². The molecule has 0 aliphatic heterocycles. The second kappa shape index (κ2) is 6.47. The van der Waals surface area contributed by atoms with Gasteiger partial charge in [-0.25, -0.2) is 0 Å². The molecule has 1 rings (SSSR count). The molecule has 0 fully saturated rings. The number of nitrogens with one attached hydrogen (secondary N) is 1. The Hall–Kier alpha value is -1.95. The third-order valence-electron chi connectivity index (χ3n) is 2.81. The number of hydrogen-bond acceptors (Lipinski definition) is 5. The van der Waals surface area contributed by atoms with Crippen LogP contribution in [-0.4, -0.2) is 32.8 Å². The Balaban J connectivity index is 2.99. The van der Waals surface area contributed by atoms with Gasteiger partial charge in [-0.3, -0.25) is 4.79 Å². The first-order valence-electron chi connectivity index (χ1n) is 6.20. The Morgan fingerprint density at radius 2 is 1.75 bits per heavy atom. The number of carbonyl (C=O) groups excluding carboxylic acids is 1. The first-order chi connectivity index (χ1) is 9.35. The number of amides is 1. The topological polar surface area (TPSA) is 82.8 Å². The van der Waals surface area contributed by atoms with E-state index < -0.39 is 5.54 Å². The molecule has 1 aromatic rings. The van der Waals surface area contributed by atoms with Gasteiger partial charge in [0.15, 0.2) is 11.5 Å². The van der Waals surface area contributed by atoms with Crippen LogP contribution in [0, 0.1) is 0 Å². The lowest BCUT2D eigenvalue weighted by atomic mass is 10.1. The highest BCUT2D eigenvalue weighted by Crippen LogP contribution is 2.39. The van der Waals surface area contributed by atoms with Crippen LogP contribution in [0.1, 0.15) is 19.4 Å². The summed E-state index contributed by atoms with van der Waals surface area (Å²) >= 11 is 0. The van der Waals surface area contributed by atoms with E-state index in [2.05, 4.69) is 5.32 Å². The first-order valence-corrected chi connectivity index (χ1v) is 6.20. The number of benzene rings is 1. The van der Waals surface area contributed by atoms with E-state index in [9.17, 15) is 4.79 Å². The summed E-state index contributed by atoms with van der Waals surface area (Å²) in [7, 11) is 4.62. The molecule has 6 nitrogen and oxygen atoms in total. The van der Waals surface area contributed by atoms with Crippen LogP contribution in [0.3, 0.4) is 0 Å². The standard InChI is InChI=1S/C14H22N2O4/c1-14(2,15)13(17)16-8-9-6-7-10(18-3)12(20-5)11(9)19-4/h6-7H,8,15H2,1-5H3,(H,16,17). The lowest BCUT2D eigenvalue weighted by Gasteiger charge is -2.19. The fourth-order valence-electron chi connectivity index (χ4n) is 1.71. The SMILES string of the molecule is COc1ccc(CNC(=O)C(C)(C)N)c(OC)c1OC. The van der Waals surface area contributed by atoms with Crippen LogP contribution in [0.5, 0.6) is 17.2 Å². The van der Waals surface area contributed by atoms with Crippen molar-refractivity contribution in [2.45, 2.75) is 25.9 Å². The number of methoxy groups -OCH3 is 3. The van der Waals surface area contributed by atoms with Crippen LogP contribution in [0.4, 0.5) is 0 Å². The smallest absolute Gasteiger partial charge is 0.239 e. The van der Waals surface area contributed by atoms with Crippen molar-refractivity contribution in [1.29, 1.82) is 0 Å². The summed E-state index contributed by atoms with van der Waals surface area (Å²) in [6, 6.07) is 3.57. The third kappa shape index (κ3) is 3.54. The van der Waals surface area contributed by atoms with Gasteiger partial charge in [0.2, 0.25) is 11.7 Å². The van der Waals surface area contributed by atoms with Crippen molar-refractivity contribution in [3.63, 3.8) is 0 Å². The molecule has 112 valence electrons. The molecule has 0 saturated carbocycles. The molecule has 20 heavy (non-hydrogen) atoms. The fourth-order valence-corrected chi connectivity index (χ4v) is 1.71. The van der Waals surface area contributed by atoms with Crippen molar-refractivity contribution in [2.75, 3.05) is 21.3 Å². The van der Waals surface area contributed by atoms with E-state index in [0.29, 0.717) is 23.8 Å². The molecule has 0 spiro atoms. The zero-order valence-corrected chi connectivity index (χ0v) is 12.6. The minimum atomic E-state index is -0.927. The molecule has 1 aromatic carbocycles. The van der Waals surface area contributed by atoms with Crippen molar-refractivity contribution < 1.29 is 19.0 Å². The van der Waals surface area contributed by atoms with Gasteiger partial charge < -0.3 is 25.3 Å². The van der Waals surface area contributed by atoms with Gasteiger partial charge in [-0.1, -0.05) is 0 Å². The van der Waals surface area contributed by atoms with E-state index in [1.165, 1.54) is 14.2 Å². The average Bonchev–Trinajstić information content (AvgIpc) is 2.42. The average molecular weight is 282 g/mol. The lowest BCUT2D eigenvalue weighted by Crippen LogP contribution is -2.48. The van der Waals surface area contributed by atoms with Gasteiger partial charge in [0.05, 0.1) is 26.9 Å². The van der Waals surface area contributed by atoms with E-state index in [0.717, 1.165) is 5.56 Å². The second-order valence-electron chi connectivity index (χ2n) is 4.90. The van der Waals surface area contributed by atoms with Crippen molar-refractivity contribution in [1.82, 2.24) is 5.32 Å². The Morgan fingerprint density at radius 3 is 2.20 bits per heavy atom. The van der Waals surface area contributed by atoms with Gasteiger partial charge in [-0.05, 0) is 26.0 Å². The highest BCUT2D eigenvalue weighted by Gasteiger charge is 2.22. The van der Waals surface area contributed by atoms with Gasteiger partial charge in [0.25, 0.3) is 0 Å². The molecule has 0 aliphatic rings. The monoisotopic (exact) mass is 282 g/mol. The number of carbonyl (C=O) groups is 1. The molecule has 0 saturated heterocycles. The Morgan fingerprint density at radius 1 is 1.15 bits per heavy atom. The van der Waals surface area contributed by atoms with Crippen LogP contribution in [0.15, 0.2) is 12.1 Å². The van der Waals surface area contributed by atoms with Crippen LogP contribution in [0.2, 0.25) is 0 Å². The zero-order valence-electron chi connectivity index (χ0n) is 12.6. The third-order valence-corrected chi connectivity index (χ3v) is 2.81. The van der Waals surface area contributed by atoms with Gasteiger partial charge in [0.1, 0.15) is 0 Å². The summed E-state index contributed by atoms with van der Waals surface area (Å²) in [6.45, 7) is 3.59. The molecule has 3 N–H and O–H groups in total. The molecular weight excluding hydrogens is 260 g/mol. The summed E-state index contributed by atoms with van der Waals surface area (Å²) in [5, 5.41) is 2.76. The van der Waals surface area contributed by atoms with Gasteiger partial charge >= 0.3 is 0 Å². The predicted octanol–water partition coefficient (Wildman–Crippen LogP) is 1.07. The van der Waals surface area contributed by atoms with Crippen LogP contribution >= 0.6 is 0 Å². The predicted molar refractivity (Wildman–Crippen MR) is 76.2 cm³/mol. The highest BCUT2D eigenvalue weighted by molar-refractivity contribution is 5.85. The minimum Gasteiger partial charge on any atom is -0.493 e. The maximum atomic E-state index is 11.8. The minimum absolute atomic E-state index is 0.241. The summed E-state index contributed by atoms with van der Waals surface area (Å²) in [5.74, 6) is 1.35. The highest BCUT2D eigenvalue weighted by atomic mass is 16.5. The fraction of sp³-hybridized carbons (Fsp3) is 0.500. The summed E-state index contributed by atoms with van der Waals surface area (Å²) in [5.41, 5.74) is 5.58. The Bertz CT molecular complexity index is 481. The number of nitrogens with two attached hydrogens (primary N) is 1. The summed E-state index contributed by atoms with van der Waals surface area (Å²) in [4.78, 5) is 11.8. The van der Waals surface area contributed by atoms with Crippen LogP contribution < -0.4 is 25.3 Å². The Labute approximate surface area is 119 Å². The van der Waals surface area contributed by atoms with Crippen molar-refractivity contribution in [3.8, 4) is 17.2 Å². The van der Waals surface area contributed by atoms with E-state index in [-0.39, 0.29) is 5.91 Å². The number of rotatable bonds is 6. The van der Waals surface area contributed by atoms with Crippen molar-refractivity contribution >= 4 is 5.91 Å². The number of hydrogen-bond donors (Lipinski definition) is 2. The van der Waals surface area contributed by atoms with E-state index in [1.807, 2.05) is 6.07 Å². The molecule has 0 bridgehead atoms. The van der Waals surface area contributed by atoms with Crippen LogP contribution in [0.25, 0.3) is 0 Å². The lowest BCUT2D eigenvalue weighted by molar-refractivity contribution is -0.125. The maximum absolute atomic E-state index is 11.8. The Kier molecular flexibility index (Phi) is 5.21. The number of ether oxygens (including phenoxy) is 3. The summed E-state index contributed by atoms with van der Waals surface area (Å²) in [6.07, 6.45) is 0. The van der Waals surface area contributed by atoms with Gasteiger partial charge in [-0.15, -0.1) is 0 Å². The molecule has 0 radical (unpaired) electrons. The quantitative estimate of drug-likeness (QED) is 0.815. The largest absolute Gasteiger partial charge is 0.493 e. The van der Waals surface area contributed by atoms with E-state index in [4.69, 9.17) is 19.9 Å². The maximum Gasteiger partial charge on any atom is 0.239 e. The molecule has 0 heterocycles. The molecule has 0 aliphatic carbocycles. The van der Waals surface area contributed by atoms with E-state index >= 15 is 0 Å². The molecule has 1 amide bonds. The van der Waals surface area contributed by atoms with Gasteiger partial charge in [-0.2, -0.15) is 0 Å². The molecule has 0 aromatic heterocycles. The molecule has 0 atom stereocenters. The summed E-state index contributed by atoms with van der Waals surface area (Å²) < 4.78 is 15.8. The van der Waals surface area contributed by atoms with Crippen LogP contribution in [-0.2, 0) is 11.3 Å². The second-order valence-corrected chi connectivity index (χ2v) is 4.90. The first kappa shape index (κ1) is 16.1. The van der Waals surface area contributed by atoms with Gasteiger partial charge in [0, 0.05) is 12.1 Å². The van der Waals surface area contributed by atoms with E-state index in [1.54, 1.807) is 27.0 Å².